The van der Waals surface area contributed by atoms with Crippen LogP contribution in [0.3, 0.4) is 0 Å². The first-order valence-corrected chi connectivity index (χ1v) is 7.37. The molecule has 17 heavy (non-hydrogen) atoms. The Morgan fingerprint density at radius 2 is 1.88 bits per heavy atom. The summed E-state index contributed by atoms with van der Waals surface area (Å²) >= 11 is 5.43. The van der Waals surface area contributed by atoms with Gasteiger partial charge in [0.25, 0.3) is 0 Å². The lowest BCUT2D eigenvalue weighted by Gasteiger charge is -2.05. The summed E-state index contributed by atoms with van der Waals surface area (Å²) in [5.41, 5.74) is 0.565. The highest BCUT2D eigenvalue weighted by molar-refractivity contribution is 7.91. The first-order valence-electron chi connectivity index (χ1n) is 5.18. The molecule has 0 aromatic heterocycles. The Hall–Kier alpha value is -1.07. The summed E-state index contributed by atoms with van der Waals surface area (Å²) in [5.74, 6) is 0.130. The van der Waals surface area contributed by atoms with Crippen molar-refractivity contribution in [3.05, 3.63) is 24.3 Å². The fourth-order valence-corrected chi connectivity index (χ4v) is 2.28. The largest absolute Gasteiger partial charge is 0.326 e. The number of carbonyl (C=O) groups excluding carboxylic acids is 1. The molecule has 0 radical (unpaired) electrons. The van der Waals surface area contributed by atoms with Gasteiger partial charge in [-0.1, -0.05) is 6.92 Å². The minimum Gasteiger partial charge on any atom is -0.326 e. The van der Waals surface area contributed by atoms with Gasteiger partial charge >= 0.3 is 0 Å². The van der Waals surface area contributed by atoms with Crippen molar-refractivity contribution in [2.24, 2.45) is 0 Å². The number of nitrogens with one attached hydrogen (secondary N) is 1. The maximum atomic E-state index is 11.5. The first-order chi connectivity index (χ1) is 7.99. The number of hydrogen-bond donors (Lipinski definition) is 1. The van der Waals surface area contributed by atoms with Gasteiger partial charge in [-0.15, -0.1) is 11.6 Å². The molecule has 0 bridgehead atoms. The maximum Gasteiger partial charge on any atom is 0.225 e. The van der Waals surface area contributed by atoms with Crippen LogP contribution in [0.2, 0.25) is 0 Å². The topological polar surface area (TPSA) is 63.2 Å². The third kappa shape index (κ3) is 4.02. The average molecular weight is 276 g/mol. The predicted octanol–water partition coefficient (Wildman–Crippen LogP) is 2.05. The molecular weight excluding hydrogens is 262 g/mol. The van der Waals surface area contributed by atoms with Gasteiger partial charge in [0.2, 0.25) is 5.91 Å². The molecule has 94 valence electrons. The van der Waals surface area contributed by atoms with E-state index in [1.807, 2.05) is 0 Å². The molecule has 0 spiro atoms. The van der Waals surface area contributed by atoms with E-state index in [4.69, 9.17) is 11.6 Å². The van der Waals surface area contributed by atoms with Crippen LogP contribution in [-0.2, 0) is 14.6 Å². The molecule has 4 nitrogen and oxygen atoms in total. The predicted molar refractivity (Wildman–Crippen MR) is 68.1 cm³/mol. The Morgan fingerprint density at radius 1 is 1.29 bits per heavy atom. The summed E-state index contributed by atoms with van der Waals surface area (Å²) in [5, 5.41) is 2.62. The molecule has 1 aromatic rings. The molecule has 0 unspecified atom stereocenters. The number of anilines is 1. The Labute approximate surface area is 106 Å². The van der Waals surface area contributed by atoms with Crippen LogP contribution in [0.5, 0.6) is 0 Å². The van der Waals surface area contributed by atoms with Crippen LogP contribution in [0.15, 0.2) is 29.2 Å². The van der Waals surface area contributed by atoms with E-state index in [9.17, 15) is 13.2 Å². The van der Waals surface area contributed by atoms with Crippen molar-refractivity contribution in [3.8, 4) is 0 Å². The van der Waals surface area contributed by atoms with Gasteiger partial charge in [0.1, 0.15) is 0 Å². The molecule has 1 aromatic carbocycles. The molecule has 1 amide bonds. The highest BCUT2D eigenvalue weighted by atomic mass is 35.5. The molecule has 0 saturated carbocycles. The molecule has 1 rings (SSSR count). The van der Waals surface area contributed by atoms with Crippen LogP contribution in [0.25, 0.3) is 0 Å². The number of halogens is 1. The van der Waals surface area contributed by atoms with Gasteiger partial charge in [-0.3, -0.25) is 4.79 Å². The number of hydrogen-bond acceptors (Lipinski definition) is 3. The van der Waals surface area contributed by atoms with Crippen molar-refractivity contribution >= 4 is 33.0 Å². The van der Waals surface area contributed by atoms with Crippen molar-refractivity contribution in [1.29, 1.82) is 0 Å². The smallest absolute Gasteiger partial charge is 0.225 e. The SMILES string of the molecule is CCS(=O)(=O)c1ccc(NC(=O)CCCl)cc1. The highest BCUT2D eigenvalue weighted by Crippen LogP contribution is 2.15. The molecule has 6 heteroatoms. The van der Waals surface area contributed by atoms with Crippen molar-refractivity contribution in [1.82, 2.24) is 0 Å². The van der Waals surface area contributed by atoms with Gasteiger partial charge in [0.05, 0.1) is 10.6 Å². The summed E-state index contributed by atoms with van der Waals surface area (Å²) in [4.78, 5) is 11.5. The standard InChI is InChI=1S/C11H14ClNO3S/c1-2-17(15,16)10-5-3-9(4-6-10)13-11(14)7-8-12/h3-6H,2,7-8H2,1H3,(H,13,14). The number of alkyl halides is 1. The van der Waals surface area contributed by atoms with E-state index in [0.717, 1.165) is 0 Å². The van der Waals surface area contributed by atoms with E-state index in [2.05, 4.69) is 5.32 Å². The quantitative estimate of drug-likeness (QED) is 0.837. The minimum atomic E-state index is -3.19. The monoisotopic (exact) mass is 275 g/mol. The molecule has 0 aliphatic heterocycles. The highest BCUT2D eigenvalue weighted by Gasteiger charge is 2.11. The fourth-order valence-electron chi connectivity index (χ4n) is 1.22. The van der Waals surface area contributed by atoms with E-state index in [-0.39, 0.29) is 28.9 Å². The van der Waals surface area contributed by atoms with E-state index in [1.165, 1.54) is 12.1 Å². The summed E-state index contributed by atoms with van der Waals surface area (Å²) in [6, 6.07) is 6.09. The second-order valence-electron chi connectivity index (χ2n) is 3.41. The maximum absolute atomic E-state index is 11.5. The second kappa shape index (κ2) is 6.02. The molecule has 0 heterocycles. The number of benzene rings is 1. The Kier molecular flexibility index (Phi) is 4.96. The molecule has 1 N–H and O–H groups in total. The lowest BCUT2D eigenvalue weighted by molar-refractivity contribution is -0.115. The van der Waals surface area contributed by atoms with Crippen LogP contribution < -0.4 is 5.32 Å². The number of carbonyl (C=O) groups is 1. The zero-order valence-corrected chi connectivity index (χ0v) is 11.0. The van der Waals surface area contributed by atoms with E-state index >= 15 is 0 Å². The molecule has 0 aliphatic carbocycles. The van der Waals surface area contributed by atoms with Gasteiger partial charge in [-0.2, -0.15) is 0 Å². The van der Waals surface area contributed by atoms with Crippen molar-refractivity contribution in [2.75, 3.05) is 16.9 Å². The molecule has 0 atom stereocenters. The van der Waals surface area contributed by atoms with E-state index in [0.29, 0.717) is 5.69 Å². The van der Waals surface area contributed by atoms with E-state index in [1.54, 1.807) is 19.1 Å². The van der Waals surface area contributed by atoms with Gasteiger partial charge in [0.15, 0.2) is 9.84 Å². The Balaban J connectivity index is 2.79. The second-order valence-corrected chi connectivity index (χ2v) is 6.07. The van der Waals surface area contributed by atoms with Crippen molar-refractivity contribution in [3.63, 3.8) is 0 Å². The third-order valence-electron chi connectivity index (χ3n) is 2.20. The van der Waals surface area contributed by atoms with Crippen LogP contribution in [0.1, 0.15) is 13.3 Å². The fraction of sp³-hybridized carbons (Fsp3) is 0.364. The third-order valence-corrected chi connectivity index (χ3v) is 4.14. The number of rotatable bonds is 5. The Bertz CT molecular complexity index is 482. The average Bonchev–Trinajstić information content (AvgIpc) is 2.30. The summed E-state index contributed by atoms with van der Waals surface area (Å²) in [7, 11) is -3.19. The van der Waals surface area contributed by atoms with Crippen LogP contribution in [0, 0.1) is 0 Å². The number of sulfone groups is 1. The zero-order chi connectivity index (χ0) is 12.9. The van der Waals surface area contributed by atoms with E-state index < -0.39 is 9.84 Å². The molecule has 0 saturated heterocycles. The molecule has 0 aliphatic rings. The minimum absolute atomic E-state index is 0.0605. The van der Waals surface area contributed by atoms with Crippen molar-refractivity contribution in [2.45, 2.75) is 18.2 Å². The van der Waals surface area contributed by atoms with Crippen LogP contribution >= 0.6 is 11.6 Å². The van der Waals surface area contributed by atoms with Gasteiger partial charge in [-0.05, 0) is 24.3 Å². The zero-order valence-electron chi connectivity index (χ0n) is 9.44. The van der Waals surface area contributed by atoms with Crippen molar-refractivity contribution < 1.29 is 13.2 Å². The number of amides is 1. The Morgan fingerprint density at radius 3 is 2.35 bits per heavy atom. The van der Waals surface area contributed by atoms with Gasteiger partial charge in [-0.25, -0.2) is 8.42 Å². The van der Waals surface area contributed by atoms with Gasteiger partial charge in [0, 0.05) is 18.0 Å². The first kappa shape index (κ1) is 14.0. The van der Waals surface area contributed by atoms with Crippen LogP contribution in [-0.4, -0.2) is 26.0 Å². The summed E-state index contributed by atoms with van der Waals surface area (Å²) in [6.07, 6.45) is 0.233. The lowest BCUT2D eigenvalue weighted by Crippen LogP contribution is -2.11. The molecule has 0 fully saturated rings. The summed E-state index contributed by atoms with van der Waals surface area (Å²) < 4.78 is 23.1. The molecular formula is C11H14ClNO3S. The summed E-state index contributed by atoms with van der Waals surface area (Å²) in [6.45, 7) is 1.59. The normalized spacial score (nSPS) is 11.2. The van der Waals surface area contributed by atoms with Gasteiger partial charge < -0.3 is 5.32 Å². The van der Waals surface area contributed by atoms with Crippen LogP contribution in [0.4, 0.5) is 5.69 Å². The lowest BCUT2D eigenvalue weighted by atomic mass is 10.3.